The maximum Gasteiger partial charge on any atom is 0.243 e. The van der Waals surface area contributed by atoms with E-state index < -0.39 is 11.6 Å². The summed E-state index contributed by atoms with van der Waals surface area (Å²) in [5.41, 5.74) is 0.568. The molecule has 1 fully saturated rings. The Morgan fingerprint density at radius 3 is 2.46 bits per heavy atom. The molecule has 2 rings (SSSR count). The minimum absolute atomic E-state index is 0.0143. The summed E-state index contributed by atoms with van der Waals surface area (Å²) in [4.78, 5) is 27.2. The summed E-state index contributed by atoms with van der Waals surface area (Å²) in [5, 5.41) is 6.09. The number of amides is 2. The van der Waals surface area contributed by atoms with Crippen LogP contribution in [0, 0.1) is 5.92 Å². The molecule has 24 heavy (non-hydrogen) atoms. The molecule has 5 heteroatoms. The highest BCUT2D eigenvalue weighted by atomic mass is 16.2. The normalized spacial score (nSPS) is 22.3. The second-order valence-electron chi connectivity index (χ2n) is 7.34. The van der Waals surface area contributed by atoms with Crippen LogP contribution in [0.25, 0.3) is 0 Å². The zero-order valence-corrected chi connectivity index (χ0v) is 15.3. The summed E-state index contributed by atoms with van der Waals surface area (Å²) >= 11 is 0. The molecule has 2 N–H and O–H groups in total. The molecule has 3 unspecified atom stereocenters. The number of likely N-dealkylation sites (tertiary alicyclic amines) is 1. The average Bonchev–Trinajstić information content (AvgIpc) is 2.96. The highest BCUT2D eigenvalue weighted by molar-refractivity contribution is 5.90. The fourth-order valence-corrected chi connectivity index (χ4v) is 3.23. The molecule has 0 spiro atoms. The molecule has 0 radical (unpaired) electrons. The van der Waals surface area contributed by atoms with Crippen LogP contribution < -0.4 is 10.6 Å². The van der Waals surface area contributed by atoms with Crippen LogP contribution in [0.4, 0.5) is 0 Å². The van der Waals surface area contributed by atoms with Gasteiger partial charge < -0.3 is 15.5 Å². The Kier molecular flexibility index (Phi) is 5.65. The first-order chi connectivity index (χ1) is 11.3. The summed E-state index contributed by atoms with van der Waals surface area (Å²) in [6.07, 6.45) is 0.707. The molecule has 2 amide bonds. The first-order valence-electron chi connectivity index (χ1n) is 8.61. The first-order valence-corrected chi connectivity index (χ1v) is 8.61. The minimum Gasteiger partial charge on any atom is -0.345 e. The molecule has 0 bridgehead atoms. The molecule has 0 aliphatic carbocycles. The van der Waals surface area contributed by atoms with Crippen molar-refractivity contribution >= 4 is 11.8 Å². The van der Waals surface area contributed by atoms with Gasteiger partial charge in [0.15, 0.2) is 0 Å². The van der Waals surface area contributed by atoms with Crippen LogP contribution in [0.3, 0.4) is 0 Å². The van der Waals surface area contributed by atoms with Crippen molar-refractivity contribution in [3.05, 3.63) is 35.9 Å². The summed E-state index contributed by atoms with van der Waals surface area (Å²) in [5.74, 6) is 0.234. The van der Waals surface area contributed by atoms with Crippen molar-refractivity contribution < 1.29 is 9.59 Å². The Hall–Kier alpha value is -1.88. The Labute approximate surface area is 144 Å². The molecule has 3 atom stereocenters. The van der Waals surface area contributed by atoms with Gasteiger partial charge in [0.1, 0.15) is 6.04 Å². The van der Waals surface area contributed by atoms with Crippen LogP contribution in [-0.4, -0.2) is 42.4 Å². The second kappa shape index (κ2) is 7.34. The average molecular weight is 331 g/mol. The standard InChI is InChI=1S/C19H29N3O2/c1-13-11-16(22(12-13)18(24)14(2)20-5)17(23)21-19(3,4)15-9-7-6-8-10-15/h6-10,13-14,16,20H,11-12H2,1-5H3,(H,21,23). The van der Waals surface area contributed by atoms with Gasteiger partial charge in [-0.25, -0.2) is 0 Å². The predicted molar refractivity (Wildman–Crippen MR) is 95.4 cm³/mol. The van der Waals surface area contributed by atoms with E-state index in [2.05, 4.69) is 17.6 Å². The van der Waals surface area contributed by atoms with Crippen LogP contribution in [0.2, 0.25) is 0 Å². The summed E-state index contributed by atoms with van der Waals surface area (Å²) in [6.45, 7) is 8.52. The zero-order valence-electron chi connectivity index (χ0n) is 15.3. The summed E-state index contributed by atoms with van der Waals surface area (Å²) in [6, 6.07) is 9.21. The van der Waals surface area contributed by atoms with Crippen LogP contribution >= 0.6 is 0 Å². The van der Waals surface area contributed by atoms with E-state index in [4.69, 9.17) is 0 Å². The molecule has 1 aromatic rings. The maximum absolute atomic E-state index is 12.9. The Balaban J connectivity index is 2.14. The number of hydrogen-bond donors (Lipinski definition) is 2. The zero-order chi connectivity index (χ0) is 17.9. The van der Waals surface area contributed by atoms with Crippen molar-refractivity contribution in [1.29, 1.82) is 0 Å². The highest BCUT2D eigenvalue weighted by Crippen LogP contribution is 2.26. The number of hydrogen-bond acceptors (Lipinski definition) is 3. The third kappa shape index (κ3) is 3.96. The van der Waals surface area contributed by atoms with E-state index in [1.54, 1.807) is 11.9 Å². The lowest BCUT2D eigenvalue weighted by molar-refractivity contribution is -0.140. The molecule has 1 aliphatic rings. The minimum atomic E-state index is -0.479. The second-order valence-corrected chi connectivity index (χ2v) is 7.34. The number of nitrogens with zero attached hydrogens (tertiary/aromatic N) is 1. The Bertz CT molecular complexity index is 586. The molecule has 1 aromatic carbocycles. The van der Waals surface area contributed by atoms with Gasteiger partial charge in [0.2, 0.25) is 11.8 Å². The largest absolute Gasteiger partial charge is 0.345 e. The smallest absolute Gasteiger partial charge is 0.243 e. The molecule has 1 saturated heterocycles. The SMILES string of the molecule is CNC(C)C(=O)N1CC(C)CC1C(=O)NC(C)(C)c1ccccc1. The number of carbonyl (C=O) groups excluding carboxylic acids is 2. The Morgan fingerprint density at radius 1 is 1.25 bits per heavy atom. The number of rotatable bonds is 5. The molecule has 0 saturated carbocycles. The van der Waals surface area contributed by atoms with E-state index in [0.29, 0.717) is 18.9 Å². The monoisotopic (exact) mass is 331 g/mol. The van der Waals surface area contributed by atoms with E-state index in [1.807, 2.05) is 51.1 Å². The van der Waals surface area contributed by atoms with Gasteiger partial charge in [0.25, 0.3) is 0 Å². The van der Waals surface area contributed by atoms with E-state index in [9.17, 15) is 9.59 Å². The van der Waals surface area contributed by atoms with E-state index in [0.717, 1.165) is 5.56 Å². The molecular weight excluding hydrogens is 302 g/mol. The topological polar surface area (TPSA) is 61.4 Å². The van der Waals surface area contributed by atoms with Crippen LogP contribution in [0.1, 0.15) is 39.7 Å². The number of benzene rings is 1. The van der Waals surface area contributed by atoms with Gasteiger partial charge in [-0.1, -0.05) is 37.3 Å². The third-order valence-electron chi connectivity index (χ3n) is 4.83. The highest BCUT2D eigenvalue weighted by Gasteiger charge is 2.40. The van der Waals surface area contributed by atoms with Crippen molar-refractivity contribution in [2.24, 2.45) is 5.92 Å². The van der Waals surface area contributed by atoms with Gasteiger partial charge in [-0.3, -0.25) is 9.59 Å². The number of likely N-dealkylation sites (N-methyl/N-ethyl adjacent to an activating group) is 1. The quantitative estimate of drug-likeness (QED) is 0.866. The Morgan fingerprint density at radius 2 is 1.88 bits per heavy atom. The molecule has 132 valence electrons. The number of nitrogens with one attached hydrogen (secondary N) is 2. The third-order valence-corrected chi connectivity index (χ3v) is 4.83. The van der Waals surface area contributed by atoms with Crippen molar-refractivity contribution in [2.75, 3.05) is 13.6 Å². The van der Waals surface area contributed by atoms with Crippen molar-refractivity contribution in [1.82, 2.24) is 15.5 Å². The van der Waals surface area contributed by atoms with Crippen molar-refractivity contribution in [3.63, 3.8) is 0 Å². The molecular formula is C19H29N3O2. The fourth-order valence-electron chi connectivity index (χ4n) is 3.23. The maximum atomic E-state index is 12.9. The molecule has 0 aromatic heterocycles. The van der Waals surface area contributed by atoms with Crippen molar-refractivity contribution in [3.8, 4) is 0 Å². The van der Waals surface area contributed by atoms with Crippen LogP contribution in [0.5, 0.6) is 0 Å². The van der Waals surface area contributed by atoms with Gasteiger partial charge in [0, 0.05) is 6.54 Å². The lowest BCUT2D eigenvalue weighted by Crippen LogP contribution is -2.54. The van der Waals surface area contributed by atoms with E-state index in [1.165, 1.54) is 0 Å². The summed E-state index contributed by atoms with van der Waals surface area (Å²) in [7, 11) is 1.76. The fraction of sp³-hybridized carbons (Fsp3) is 0.579. The van der Waals surface area contributed by atoms with E-state index in [-0.39, 0.29) is 17.9 Å². The van der Waals surface area contributed by atoms with Gasteiger partial charge in [-0.15, -0.1) is 0 Å². The van der Waals surface area contributed by atoms with Gasteiger partial charge in [-0.2, -0.15) is 0 Å². The van der Waals surface area contributed by atoms with Gasteiger partial charge >= 0.3 is 0 Å². The molecule has 1 aliphatic heterocycles. The van der Waals surface area contributed by atoms with Crippen LogP contribution in [0.15, 0.2) is 30.3 Å². The lowest BCUT2D eigenvalue weighted by Gasteiger charge is -2.32. The van der Waals surface area contributed by atoms with Crippen LogP contribution in [-0.2, 0) is 15.1 Å². The van der Waals surface area contributed by atoms with Gasteiger partial charge in [0.05, 0.1) is 11.6 Å². The van der Waals surface area contributed by atoms with Crippen molar-refractivity contribution in [2.45, 2.75) is 51.7 Å². The molecule has 1 heterocycles. The van der Waals surface area contributed by atoms with Gasteiger partial charge in [-0.05, 0) is 45.7 Å². The first kappa shape index (κ1) is 18.5. The summed E-state index contributed by atoms with van der Waals surface area (Å²) < 4.78 is 0. The predicted octanol–water partition coefficient (Wildman–Crippen LogP) is 1.88. The lowest BCUT2D eigenvalue weighted by atomic mass is 9.93. The molecule has 5 nitrogen and oxygen atoms in total. The van der Waals surface area contributed by atoms with E-state index >= 15 is 0 Å². The number of carbonyl (C=O) groups is 2.